The number of piperidine rings is 1. The normalized spacial score (nSPS) is 20.7. The van der Waals surface area contributed by atoms with E-state index in [2.05, 4.69) is 19.2 Å². The Hall–Kier alpha value is -1.40. The average molecular weight is 323 g/mol. The second kappa shape index (κ2) is 7.24. The van der Waals surface area contributed by atoms with E-state index in [1.54, 1.807) is 6.07 Å². The molecule has 0 aliphatic carbocycles. The lowest BCUT2D eigenvalue weighted by atomic mass is 9.79. The summed E-state index contributed by atoms with van der Waals surface area (Å²) in [6, 6.07) is 1.95. The molecule has 2 heterocycles. The zero-order valence-electron chi connectivity index (χ0n) is 13.3. The number of rotatable bonds is 5. The summed E-state index contributed by atoms with van der Waals surface area (Å²) in [5.74, 6) is 0.0866. The molecule has 0 aromatic carbocycles. The van der Waals surface area contributed by atoms with E-state index in [0.717, 1.165) is 13.0 Å². The number of thiophene rings is 1. The van der Waals surface area contributed by atoms with Gasteiger partial charge in [-0.15, -0.1) is 0 Å². The van der Waals surface area contributed by atoms with Crippen molar-refractivity contribution in [1.29, 1.82) is 0 Å². The minimum absolute atomic E-state index is 0.0267. The molecule has 5 nitrogen and oxygen atoms in total. The third-order valence-electron chi connectivity index (χ3n) is 4.30. The standard InChI is InChI=1S/C16H25N3O2S/c1-16(2)11-19(8-5-13(16)17)14(20)4-3-7-18-15(21)12-6-9-22-10-12/h6,9-10,13H,3-5,7-8,11,17H2,1-2H3,(H,18,21). The minimum atomic E-state index is -0.0706. The highest BCUT2D eigenvalue weighted by atomic mass is 32.1. The Kier molecular flexibility index (Phi) is 5.58. The monoisotopic (exact) mass is 323 g/mol. The zero-order chi connectivity index (χ0) is 16.2. The largest absolute Gasteiger partial charge is 0.352 e. The molecule has 1 unspecified atom stereocenters. The second-order valence-corrected chi connectivity index (χ2v) is 7.35. The molecule has 2 rings (SSSR count). The molecular formula is C16H25N3O2S. The smallest absolute Gasteiger partial charge is 0.252 e. The fourth-order valence-corrected chi connectivity index (χ4v) is 3.32. The fourth-order valence-electron chi connectivity index (χ4n) is 2.68. The van der Waals surface area contributed by atoms with Crippen LogP contribution in [0.2, 0.25) is 0 Å². The fraction of sp³-hybridized carbons (Fsp3) is 0.625. The predicted octanol–water partition coefficient (Wildman–Crippen LogP) is 1.84. The molecular weight excluding hydrogens is 298 g/mol. The maximum atomic E-state index is 12.2. The van der Waals surface area contributed by atoms with Crippen molar-refractivity contribution in [1.82, 2.24) is 10.2 Å². The first kappa shape index (κ1) is 17.0. The van der Waals surface area contributed by atoms with Gasteiger partial charge in [0.15, 0.2) is 0 Å². The van der Waals surface area contributed by atoms with Crippen molar-refractivity contribution in [3.05, 3.63) is 22.4 Å². The number of likely N-dealkylation sites (tertiary alicyclic amines) is 1. The van der Waals surface area contributed by atoms with E-state index in [-0.39, 0.29) is 23.3 Å². The molecule has 122 valence electrons. The maximum absolute atomic E-state index is 12.2. The van der Waals surface area contributed by atoms with Crippen molar-refractivity contribution in [3.8, 4) is 0 Å². The lowest BCUT2D eigenvalue weighted by Crippen LogP contribution is -2.54. The SMILES string of the molecule is CC1(C)CN(C(=O)CCCNC(=O)c2ccsc2)CCC1N. The number of hydrogen-bond donors (Lipinski definition) is 2. The van der Waals surface area contributed by atoms with Crippen LogP contribution in [0.1, 0.15) is 43.5 Å². The summed E-state index contributed by atoms with van der Waals surface area (Å²) >= 11 is 1.50. The van der Waals surface area contributed by atoms with Crippen LogP contribution in [0.3, 0.4) is 0 Å². The van der Waals surface area contributed by atoms with E-state index in [0.29, 0.717) is 31.5 Å². The van der Waals surface area contributed by atoms with Crippen molar-refractivity contribution in [2.24, 2.45) is 11.1 Å². The third-order valence-corrected chi connectivity index (χ3v) is 4.98. The van der Waals surface area contributed by atoms with Gasteiger partial charge in [0.1, 0.15) is 0 Å². The van der Waals surface area contributed by atoms with Crippen molar-refractivity contribution in [2.75, 3.05) is 19.6 Å². The number of carbonyl (C=O) groups is 2. The highest BCUT2D eigenvalue weighted by Crippen LogP contribution is 2.28. The van der Waals surface area contributed by atoms with E-state index in [1.807, 2.05) is 15.7 Å². The molecule has 0 spiro atoms. The molecule has 1 atom stereocenters. The molecule has 1 fully saturated rings. The molecule has 1 aromatic rings. The first-order valence-corrected chi connectivity index (χ1v) is 8.68. The molecule has 1 aliphatic heterocycles. The summed E-state index contributed by atoms with van der Waals surface area (Å²) in [6.07, 6.45) is 1.99. The molecule has 0 saturated carbocycles. The summed E-state index contributed by atoms with van der Waals surface area (Å²) in [4.78, 5) is 25.9. The summed E-state index contributed by atoms with van der Waals surface area (Å²) < 4.78 is 0. The number of nitrogens with zero attached hydrogens (tertiary/aromatic N) is 1. The van der Waals surface area contributed by atoms with E-state index >= 15 is 0 Å². The predicted molar refractivity (Wildman–Crippen MR) is 88.8 cm³/mol. The number of hydrogen-bond acceptors (Lipinski definition) is 4. The minimum Gasteiger partial charge on any atom is -0.352 e. The highest BCUT2D eigenvalue weighted by Gasteiger charge is 2.34. The van der Waals surface area contributed by atoms with Crippen molar-refractivity contribution in [2.45, 2.75) is 39.2 Å². The molecule has 22 heavy (non-hydrogen) atoms. The average Bonchev–Trinajstić information content (AvgIpc) is 3.00. The van der Waals surface area contributed by atoms with Gasteiger partial charge in [0, 0.05) is 43.0 Å². The first-order chi connectivity index (χ1) is 10.4. The van der Waals surface area contributed by atoms with Gasteiger partial charge in [0.05, 0.1) is 0 Å². The second-order valence-electron chi connectivity index (χ2n) is 6.57. The van der Waals surface area contributed by atoms with Crippen LogP contribution in [-0.2, 0) is 4.79 Å². The summed E-state index contributed by atoms with van der Waals surface area (Å²) in [5, 5.41) is 6.54. The van der Waals surface area contributed by atoms with E-state index in [4.69, 9.17) is 5.73 Å². The van der Waals surface area contributed by atoms with Gasteiger partial charge in [-0.1, -0.05) is 13.8 Å². The van der Waals surface area contributed by atoms with Crippen LogP contribution in [-0.4, -0.2) is 42.4 Å². The summed E-state index contributed by atoms with van der Waals surface area (Å²) in [5.41, 5.74) is 6.75. The molecule has 1 aliphatic rings. The van der Waals surface area contributed by atoms with E-state index in [1.165, 1.54) is 11.3 Å². The summed E-state index contributed by atoms with van der Waals surface area (Å²) in [7, 11) is 0. The van der Waals surface area contributed by atoms with Crippen LogP contribution in [0.4, 0.5) is 0 Å². The molecule has 1 aromatic heterocycles. The topological polar surface area (TPSA) is 75.4 Å². The van der Waals surface area contributed by atoms with Gasteiger partial charge in [-0.2, -0.15) is 11.3 Å². The van der Waals surface area contributed by atoms with Crippen LogP contribution in [0.15, 0.2) is 16.8 Å². The van der Waals surface area contributed by atoms with Gasteiger partial charge in [0.2, 0.25) is 5.91 Å². The van der Waals surface area contributed by atoms with Gasteiger partial charge in [-0.3, -0.25) is 9.59 Å². The van der Waals surface area contributed by atoms with Gasteiger partial charge in [0.25, 0.3) is 5.91 Å². The quantitative estimate of drug-likeness (QED) is 0.812. The van der Waals surface area contributed by atoms with Crippen molar-refractivity contribution < 1.29 is 9.59 Å². The summed E-state index contributed by atoms with van der Waals surface area (Å²) in [6.45, 7) is 6.20. The molecule has 3 N–H and O–H groups in total. The number of nitrogens with one attached hydrogen (secondary N) is 1. The van der Waals surface area contributed by atoms with Gasteiger partial charge < -0.3 is 16.0 Å². The Morgan fingerprint density at radius 3 is 2.91 bits per heavy atom. The molecule has 1 saturated heterocycles. The first-order valence-electron chi connectivity index (χ1n) is 7.74. The molecule has 0 radical (unpaired) electrons. The Labute approximate surface area is 135 Å². The Bertz CT molecular complexity index is 513. The number of amides is 2. The Balaban J connectivity index is 1.69. The molecule has 2 amide bonds. The van der Waals surface area contributed by atoms with Crippen LogP contribution in [0, 0.1) is 5.41 Å². The van der Waals surface area contributed by atoms with Crippen molar-refractivity contribution >= 4 is 23.2 Å². The molecule has 0 bridgehead atoms. The van der Waals surface area contributed by atoms with Gasteiger partial charge in [-0.05, 0) is 29.7 Å². The van der Waals surface area contributed by atoms with E-state index < -0.39 is 0 Å². The van der Waals surface area contributed by atoms with Crippen molar-refractivity contribution in [3.63, 3.8) is 0 Å². The number of carbonyl (C=O) groups excluding carboxylic acids is 2. The maximum Gasteiger partial charge on any atom is 0.252 e. The van der Waals surface area contributed by atoms with E-state index in [9.17, 15) is 9.59 Å². The lowest BCUT2D eigenvalue weighted by molar-refractivity contribution is -0.134. The van der Waals surface area contributed by atoms with Crippen LogP contribution >= 0.6 is 11.3 Å². The Morgan fingerprint density at radius 2 is 2.27 bits per heavy atom. The van der Waals surface area contributed by atoms with Crippen LogP contribution < -0.4 is 11.1 Å². The third kappa shape index (κ3) is 4.30. The lowest BCUT2D eigenvalue weighted by Gasteiger charge is -2.42. The van der Waals surface area contributed by atoms with Crippen LogP contribution in [0.25, 0.3) is 0 Å². The molecule has 6 heteroatoms. The Morgan fingerprint density at radius 1 is 1.50 bits per heavy atom. The van der Waals surface area contributed by atoms with Gasteiger partial charge >= 0.3 is 0 Å². The zero-order valence-corrected chi connectivity index (χ0v) is 14.1. The van der Waals surface area contributed by atoms with Gasteiger partial charge in [-0.25, -0.2) is 0 Å². The number of nitrogens with two attached hydrogens (primary N) is 1. The van der Waals surface area contributed by atoms with Crippen LogP contribution in [0.5, 0.6) is 0 Å². The highest BCUT2D eigenvalue weighted by molar-refractivity contribution is 7.08.